The molecule has 0 radical (unpaired) electrons. The Bertz CT molecular complexity index is 3800. The van der Waals surface area contributed by atoms with Crippen molar-refractivity contribution in [3.8, 4) is 51.0 Å². The lowest BCUT2D eigenvalue weighted by atomic mass is 9.97. The molecule has 9 aromatic carbocycles. The summed E-state index contributed by atoms with van der Waals surface area (Å²) in [5, 5.41) is 7.87. The Morgan fingerprint density at radius 2 is 1.03 bits per heavy atom. The van der Waals surface area contributed by atoms with Crippen LogP contribution in [0.5, 0.6) is 0 Å². The summed E-state index contributed by atoms with van der Waals surface area (Å²) in [4.78, 5) is 15.3. The maximum Gasteiger partial charge on any atom is 0.167 e. The molecule has 0 saturated carbocycles. The minimum atomic E-state index is -0.499. The summed E-state index contributed by atoms with van der Waals surface area (Å²) >= 11 is 0. The van der Waals surface area contributed by atoms with Gasteiger partial charge in [-0.25, -0.2) is 15.0 Å². The van der Waals surface area contributed by atoms with Crippen LogP contribution in [0.4, 0.5) is 0 Å². The first-order valence-electron chi connectivity index (χ1n) is 21.6. The molecule has 12 aromatic rings. The van der Waals surface area contributed by atoms with Gasteiger partial charge in [-0.3, -0.25) is 0 Å². The highest BCUT2D eigenvalue weighted by Crippen LogP contribution is 2.42. The fourth-order valence-electron chi connectivity index (χ4n) is 8.50. The summed E-state index contributed by atoms with van der Waals surface area (Å²) in [7, 11) is 0. The Hall–Kier alpha value is -7.89. The fourth-order valence-corrected chi connectivity index (χ4v) is 8.50. The van der Waals surface area contributed by atoms with Gasteiger partial charge in [0.1, 0.15) is 11.2 Å². The molecule has 0 saturated heterocycles. The molecule has 270 valence electrons. The van der Waals surface area contributed by atoms with Crippen molar-refractivity contribution in [3.05, 3.63) is 194 Å². The zero-order valence-electron chi connectivity index (χ0n) is 35.8. The van der Waals surface area contributed by atoms with E-state index < -0.39 is 30.2 Å². The molecule has 0 aliphatic carbocycles. The van der Waals surface area contributed by atoms with Gasteiger partial charge in [0.2, 0.25) is 0 Å². The minimum Gasteiger partial charge on any atom is -0.455 e. The van der Waals surface area contributed by atoms with Gasteiger partial charge in [0, 0.05) is 38.4 Å². The SMILES string of the molecule is [2H]c1c([2H])c([2H])c(-c2nc(-c3cc4ccccc4c4ccccc34)nc(-c3cc(-n4c5ccccc5c5ccccc54)cc4c3oc3ccc(-c5ccccc5)cc34)n2)c([2H])c1[2H]. The molecule has 3 aromatic heterocycles. The van der Waals surface area contributed by atoms with Crippen LogP contribution >= 0.6 is 0 Å². The largest absolute Gasteiger partial charge is 0.455 e. The van der Waals surface area contributed by atoms with E-state index in [9.17, 15) is 0 Å². The second kappa shape index (κ2) is 12.8. The van der Waals surface area contributed by atoms with Crippen molar-refractivity contribution in [1.29, 1.82) is 0 Å². The molecule has 0 unspecified atom stereocenters. The molecule has 0 spiro atoms. The number of furan rings is 1. The van der Waals surface area contributed by atoms with Crippen LogP contribution in [0.15, 0.2) is 198 Å². The molecular formula is C53H32N4O. The van der Waals surface area contributed by atoms with Gasteiger partial charge in [0.25, 0.3) is 0 Å². The third-order valence-corrected chi connectivity index (χ3v) is 11.1. The number of nitrogens with zero attached hydrogens (tertiary/aromatic N) is 4. The molecule has 0 atom stereocenters. The van der Waals surface area contributed by atoms with Gasteiger partial charge in [-0.05, 0) is 75.1 Å². The molecule has 0 fully saturated rings. The molecular weight excluding hydrogens is 709 g/mol. The standard InChI is InChI=1S/C53H32N4O/c1-3-15-33(16-4-1)35-27-28-49-43(29-35)44-31-37(57-47-25-13-11-23-41(47)42-24-12-14-26-48(42)57)32-46(50(44)58-49)53-55-51(34-17-5-2-6-18-34)54-52(56-53)45-30-36-19-7-8-20-38(36)39-21-9-10-22-40(39)45/h1-32H/i2D,5D,6D,17D,18D. The predicted molar refractivity (Wildman–Crippen MR) is 238 cm³/mol. The molecule has 0 amide bonds. The Balaban J connectivity index is 1.22. The van der Waals surface area contributed by atoms with Crippen LogP contribution in [0.25, 0.3) is 116 Å². The van der Waals surface area contributed by atoms with Gasteiger partial charge < -0.3 is 8.98 Å². The zero-order valence-corrected chi connectivity index (χ0v) is 30.8. The molecule has 0 N–H and O–H groups in total. The van der Waals surface area contributed by atoms with Crippen LogP contribution in [0.1, 0.15) is 6.85 Å². The summed E-state index contributed by atoms with van der Waals surface area (Å²) < 4.78 is 52.8. The second-order valence-electron chi connectivity index (χ2n) is 14.4. The molecule has 0 aliphatic heterocycles. The lowest BCUT2D eigenvalue weighted by molar-refractivity contribution is 0.669. The number of para-hydroxylation sites is 2. The quantitative estimate of drug-likeness (QED) is 0.165. The first-order valence-corrected chi connectivity index (χ1v) is 19.1. The third-order valence-electron chi connectivity index (χ3n) is 11.1. The Morgan fingerprint density at radius 3 is 1.79 bits per heavy atom. The van der Waals surface area contributed by atoms with Crippen molar-refractivity contribution in [2.45, 2.75) is 0 Å². The van der Waals surface area contributed by atoms with E-state index >= 15 is 0 Å². The van der Waals surface area contributed by atoms with E-state index in [-0.39, 0.29) is 23.0 Å². The van der Waals surface area contributed by atoms with Gasteiger partial charge in [-0.2, -0.15) is 0 Å². The van der Waals surface area contributed by atoms with Gasteiger partial charge in [-0.15, -0.1) is 0 Å². The summed E-state index contributed by atoms with van der Waals surface area (Å²) in [6.07, 6.45) is 0. The van der Waals surface area contributed by atoms with Crippen LogP contribution < -0.4 is 0 Å². The van der Waals surface area contributed by atoms with Crippen molar-refractivity contribution in [1.82, 2.24) is 19.5 Å². The van der Waals surface area contributed by atoms with Gasteiger partial charge in [0.15, 0.2) is 17.5 Å². The molecule has 58 heavy (non-hydrogen) atoms. The van der Waals surface area contributed by atoms with Gasteiger partial charge >= 0.3 is 0 Å². The fraction of sp³-hybridized carbons (Fsp3) is 0. The molecule has 0 aliphatic rings. The van der Waals surface area contributed by atoms with Crippen LogP contribution in [0.2, 0.25) is 0 Å². The number of aromatic nitrogens is 4. The Morgan fingerprint density at radius 1 is 0.414 bits per heavy atom. The van der Waals surface area contributed by atoms with Crippen LogP contribution in [-0.2, 0) is 0 Å². The summed E-state index contributed by atoms with van der Waals surface area (Å²) in [6.45, 7) is 0. The lowest BCUT2D eigenvalue weighted by Gasteiger charge is -2.14. The van der Waals surface area contributed by atoms with Gasteiger partial charge in [0.05, 0.1) is 23.5 Å². The molecule has 12 rings (SSSR count). The lowest BCUT2D eigenvalue weighted by Crippen LogP contribution is -2.02. The smallest absolute Gasteiger partial charge is 0.167 e. The zero-order chi connectivity index (χ0) is 42.5. The van der Waals surface area contributed by atoms with E-state index in [0.29, 0.717) is 22.3 Å². The van der Waals surface area contributed by atoms with E-state index in [4.69, 9.17) is 26.2 Å². The number of rotatable bonds is 5. The van der Waals surface area contributed by atoms with E-state index in [1.807, 2.05) is 97.1 Å². The average molecular weight is 746 g/mol. The first kappa shape index (κ1) is 27.7. The van der Waals surface area contributed by atoms with E-state index in [1.165, 1.54) is 0 Å². The van der Waals surface area contributed by atoms with E-state index in [2.05, 4.69) is 71.3 Å². The predicted octanol–water partition coefficient (Wildman–Crippen LogP) is 13.8. The van der Waals surface area contributed by atoms with Crippen molar-refractivity contribution in [3.63, 3.8) is 0 Å². The maximum absolute atomic E-state index is 9.04. The monoisotopic (exact) mass is 745 g/mol. The first-order chi connectivity index (χ1) is 30.8. The normalized spacial score (nSPS) is 13.0. The van der Waals surface area contributed by atoms with Crippen molar-refractivity contribution >= 4 is 65.3 Å². The summed E-state index contributed by atoms with van der Waals surface area (Å²) in [6, 6.07) is 53.2. The molecule has 5 nitrogen and oxygen atoms in total. The van der Waals surface area contributed by atoms with Gasteiger partial charge in [-0.1, -0.05) is 152 Å². The van der Waals surface area contributed by atoms with Crippen LogP contribution in [0.3, 0.4) is 0 Å². The van der Waals surface area contributed by atoms with Crippen molar-refractivity contribution in [2.75, 3.05) is 0 Å². The van der Waals surface area contributed by atoms with E-state index in [0.717, 1.165) is 70.9 Å². The van der Waals surface area contributed by atoms with Crippen molar-refractivity contribution in [2.24, 2.45) is 0 Å². The number of hydrogen-bond acceptors (Lipinski definition) is 4. The van der Waals surface area contributed by atoms with E-state index in [1.54, 1.807) is 0 Å². The van der Waals surface area contributed by atoms with Crippen molar-refractivity contribution < 1.29 is 11.3 Å². The summed E-state index contributed by atoms with van der Waals surface area (Å²) in [5.74, 6) is 0.442. The second-order valence-corrected chi connectivity index (χ2v) is 14.4. The third kappa shape index (κ3) is 5.07. The highest BCUT2D eigenvalue weighted by Gasteiger charge is 2.23. The maximum atomic E-state index is 9.04. The van der Waals surface area contributed by atoms with Crippen LogP contribution in [-0.4, -0.2) is 19.5 Å². The molecule has 3 heterocycles. The highest BCUT2D eigenvalue weighted by molar-refractivity contribution is 6.15. The average Bonchev–Trinajstić information content (AvgIpc) is 3.88. The molecule has 5 heteroatoms. The number of benzene rings is 9. The highest BCUT2D eigenvalue weighted by atomic mass is 16.3. The number of hydrogen-bond donors (Lipinski definition) is 0. The minimum absolute atomic E-state index is 0.0536. The Labute approximate surface area is 340 Å². The number of fused-ring (bicyclic) bond motifs is 9. The van der Waals surface area contributed by atoms with Crippen LogP contribution in [0, 0.1) is 0 Å². The topological polar surface area (TPSA) is 56.7 Å². The molecule has 0 bridgehead atoms. The summed E-state index contributed by atoms with van der Waals surface area (Å²) in [5.41, 5.74) is 7.30. The Kier molecular flexibility index (Phi) is 6.12.